The van der Waals surface area contributed by atoms with Gasteiger partial charge in [-0.15, -0.1) is 5.10 Å². The monoisotopic (exact) mass is 229 g/mol. The topological polar surface area (TPSA) is 68.0 Å². The molecule has 1 aromatic heterocycles. The molecule has 0 aliphatic rings. The normalized spacial score (nSPS) is 10.1. The van der Waals surface area contributed by atoms with Gasteiger partial charge in [0.2, 0.25) is 0 Å². The number of rotatable bonds is 4. The van der Waals surface area contributed by atoms with Gasteiger partial charge in [-0.3, -0.25) is 0 Å². The van der Waals surface area contributed by atoms with E-state index in [1.54, 1.807) is 0 Å². The molecule has 86 valence electrons. The first kappa shape index (κ1) is 11.1. The molecule has 1 aromatic carbocycles. The molecule has 0 radical (unpaired) electrons. The second-order valence-electron chi connectivity index (χ2n) is 3.48. The van der Waals surface area contributed by atoms with Crippen molar-refractivity contribution in [1.29, 1.82) is 0 Å². The molecular formula is C12H11N3O2. The number of benzene rings is 1. The van der Waals surface area contributed by atoms with Gasteiger partial charge in [0.05, 0.1) is 12.2 Å². The smallest absolute Gasteiger partial charge is 0.358 e. The summed E-state index contributed by atoms with van der Waals surface area (Å²) >= 11 is 0. The van der Waals surface area contributed by atoms with Crippen molar-refractivity contribution in [1.82, 2.24) is 15.0 Å². The molecule has 0 saturated carbocycles. The van der Waals surface area contributed by atoms with Crippen molar-refractivity contribution in [2.24, 2.45) is 0 Å². The number of carbonyl (C=O) groups is 1. The Bertz CT molecular complexity index is 546. The minimum absolute atomic E-state index is 0.0732. The zero-order chi connectivity index (χ0) is 12.3. The van der Waals surface area contributed by atoms with E-state index in [0.29, 0.717) is 12.2 Å². The fraction of sp³-hybridized carbons (Fsp3) is 0.0833. The van der Waals surface area contributed by atoms with Crippen molar-refractivity contribution >= 4 is 12.0 Å². The van der Waals surface area contributed by atoms with E-state index in [1.165, 1.54) is 10.8 Å². The summed E-state index contributed by atoms with van der Waals surface area (Å²) in [4.78, 5) is 10.9. The summed E-state index contributed by atoms with van der Waals surface area (Å²) in [6, 6.07) is 9.63. The maximum absolute atomic E-state index is 10.9. The Morgan fingerprint density at radius 1 is 1.41 bits per heavy atom. The van der Waals surface area contributed by atoms with Crippen molar-refractivity contribution in [3.05, 3.63) is 53.9 Å². The van der Waals surface area contributed by atoms with Crippen LogP contribution in [-0.2, 0) is 6.54 Å². The lowest BCUT2D eigenvalue weighted by Crippen LogP contribution is -2.05. The first-order valence-corrected chi connectivity index (χ1v) is 5.05. The summed E-state index contributed by atoms with van der Waals surface area (Å²) in [5, 5.41) is 16.4. The lowest BCUT2D eigenvalue weighted by Gasteiger charge is -2.03. The highest BCUT2D eigenvalue weighted by Gasteiger charge is 2.16. The third kappa shape index (κ3) is 2.23. The maximum atomic E-state index is 10.9. The van der Waals surface area contributed by atoms with Crippen molar-refractivity contribution in [2.75, 3.05) is 0 Å². The van der Waals surface area contributed by atoms with Crippen molar-refractivity contribution in [2.45, 2.75) is 6.54 Å². The van der Waals surface area contributed by atoms with E-state index in [1.807, 2.05) is 30.3 Å². The van der Waals surface area contributed by atoms with Crippen molar-refractivity contribution in [3.8, 4) is 0 Å². The van der Waals surface area contributed by atoms with Crippen LogP contribution in [0.25, 0.3) is 6.08 Å². The van der Waals surface area contributed by atoms with Crippen LogP contribution in [0.3, 0.4) is 0 Å². The van der Waals surface area contributed by atoms with Gasteiger partial charge in [-0.05, 0) is 11.6 Å². The predicted molar refractivity (Wildman–Crippen MR) is 62.6 cm³/mol. The molecule has 0 atom stereocenters. The SMILES string of the molecule is C=Cc1c(C(=O)O)nnn1Cc1ccccc1. The van der Waals surface area contributed by atoms with E-state index in [9.17, 15) is 4.79 Å². The van der Waals surface area contributed by atoms with Crippen LogP contribution in [0, 0.1) is 0 Å². The Kier molecular flexibility index (Phi) is 3.00. The molecule has 0 saturated heterocycles. The van der Waals surface area contributed by atoms with Gasteiger partial charge in [0.15, 0.2) is 5.69 Å². The summed E-state index contributed by atoms with van der Waals surface area (Å²) in [6.45, 7) is 4.06. The maximum Gasteiger partial charge on any atom is 0.358 e. The van der Waals surface area contributed by atoms with Crippen LogP contribution in [0.1, 0.15) is 21.7 Å². The van der Waals surface area contributed by atoms with Crippen LogP contribution in [0.5, 0.6) is 0 Å². The Hall–Kier alpha value is -2.43. The van der Waals surface area contributed by atoms with Crippen molar-refractivity contribution in [3.63, 3.8) is 0 Å². The quantitative estimate of drug-likeness (QED) is 0.865. The molecule has 0 aliphatic carbocycles. The zero-order valence-electron chi connectivity index (χ0n) is 9.08. The van der Waals surface area contributed by atoms with E-state index in [0.717, 1.165) is 5.56 Å². The number of hydrogen-bond donors (Lipinski definition) is 1. The van der Waals surface area contributed by atoms with Gasteiger partial charge < -0.3 is 5.11 Å². The van der Waals surface area contributed by atoms with Crippen LogP contribution < -0.4 is 0 Å². The second kappa shape index (κ2) is 4.61. The molecule has 0 bridgehead atoms. The summed E-state index contributed by atoms with van der Waals surface area (Å²) in [5.74, 6) is -1.10. The van der Waals surface area contributed by atoms with Gasteiger partial charge in [0.25, 0.3) is 0 Å². The second-order valence-corrected chi connectivity index (χ2v) is 3.48. The Labute approximate surface area is 98.0 Å². The minimum atomic E-state index is -1.10. The van der Waals surface area contributed by atoms with E-state index in [4.69, 9.17) is 5.11 Å². The standard InChI is InChI=1S/C12H11N3O2/c1-2-10-11(12(16)17)13-14-15(10)8-9-6-4-3-5-7-9/h2-7H,1,8H2,(H,16,17). The lowest BCUT2D eigenvalue weighted by molar-refractivity contribution is 0.0690. The Morgan fingerprint density at radius 2 is 2.12 bits per heavy atom. The molecule has 5 nitrogen and oxygen atoms in total. The minimum Gasteiger partial charge on any atom is -0.476 e. The molecule has 0 unspecified atom stereocenters. The Balaban J connectivity index is 2.34. The number of hydrogen-bond acceptors (Lipinski definition) is 3. The van der Waals surface area contributed by atoms with Crippen LogP contribution >= 0.6 is 0 Å². The highest BCUT2D eigenvalue weighted by atomic mass is 16.4. The van der Waals surface area contributed by atoms with Gasteiger partial charge >= 0.3 is 5.97 Å². The molecule has 0 fully saturated rings. The molecule has 0 spiro atoms. The number of nitrogens with zero attached hydrogens (tertiary/aromatic N) is 3. The van der Waals surface area contributed by atoms with Gasteiger partial charge in [-0.2, -0.15) is 0 Å². The lowest BCUT2D eigenvalue weighted by atomic mass is 10.2. The number of aromatic nitrogens is 3. The first-order chi connectivity index (χ1) is 8.22. The van der Waals surface area contributed by atoms with Crippen LogP contribution in [0.15, 0.2) is 36.9 Å². The van der Waals surface area contributed by atoms with Crippen LogP contribution in [-0.4, -0.2) is 26.1 Å². The van der Waals surface area contributed by atoms with Gasteiger partial charge in [0.1, 0.15) is 0 Å². The molecule has 5 heteroatoms. The fourth-order valence-corrected chi connectivity index (χ4v) is 1.55. The number of carboxylic acids is 1. The highest BCUT2D eigenvalue weighted by molar-refractivity contribution is 5.88. The van der Waals surface area contributed by atoms with E-state index >= 15 is 0 Å². The van der Waals surface area contributed by atoms with Gasteiger partial charge in [0, 0.05) is 0 Å². The molecule has 17 heavy (non-hydrogen) atoms. The summed E-state index contributed by atoms with van der Waals surface area (Å²) in [6.07, 6.45) is 1.45. The molecule has 0 aliphatic heterocycles. The molecule has 2 rings (SSSR count). The average molecular weight is 229 g/mol. The van der Waals surface area contributed by atoms with Crippen LogP contribution in [0.2, 0.25) is 0 Å². The molecule has 0 amide bonds. The van der Waals surface area contributed by atoms with E-state index < -0.39 is 5.97 Å². The highest BCUT2D eigenvalue weighted by Crippen LogP contribution is 2.10. The average Bonchev–Trinajstić information content (AvgIpc) is 2.73. The third-order valence-corrected chi connectivity index (χ3v) is 2.34. The fourth-order valence-electron chi connectivity index (χ4n) is 1.55. The summed E-state index contributed by atoms with van der Waals surface area (Å²) in [7, 11) is 0. The zero-order valence-corrected chi connectivity index (χ0v) is 9.08. The summed E-state index contributed by atoms with van der Waals surface area (Å²) in [5.41, 5.74) is 1.37. The molecule has 1 heterocycles. The molecular weight excluding hydrogens is 218 g/mol. The summed E-state index contributed by atoms with van der Waals surface area (Å²) < 4.78 is 1.52. The van der Waals surface area contributed by atoms with Gasteiger partial charge in [-0.25, -0.2) is 9.48 Å². The van der Waals surface area contributed by atoms with E-state index in [2.05, 4.69) is 16.9 Å². The first-order valence-electron chi connectivity index (χ1n) is 5.05. The van der Waals surface area contributed by atoms with Gasteiger partial charge in [-0.1, -0.05) is 42.1 Å². The largest absolute Gasteiger partial charge is 0.476 e. The van der Waals surface area contributed by atoms with E-state index in [-0.39, 0.29) is 5.69 Å². The molecule has 1 N–H and O–H groups in total. The number of aromatic carboxylic acids is 1. The Morgan fingerprint density at radius 3 is 2.71 bits per heavy atom. The third-order valence-electron chi connectivity index (χ3n) is 2.34. The predicted octanol–water partition coefficient (Wildman–Crippen LogP) is 1.67. The molecule has 2 aromatic rings. The number of carboxylic acid groups (broad SMARTS) is 1. The van der Waals surface area contributed by atoms with Crippen molar-refractivity contribution < 1.29 is 9.90 Å². The van der Waals surface area contributed by atoms with Crippen LogP contribution in [0.4, 0.5) is 0 Å².